The first-order valence-corrected chi connectivity index (χ1v) is 24.6. The van der Waals surface area contributed by atoms with E-state index in [9.17, 15) is 15.0 Å². The average Bonchev–Trinajstić information content (AvgIpc) is 3.20. The molecule has 356 valence electrons. The fraction of sp³-hybridized carbons (Fsp3) is 0.557. The molecule has 1 unspecified atom stereocenters. The quantitative estimate of drug-likeness (QED) is 0.0709. The summed E-state index contributed by atoms with van der Waals surface area (Å²) in [5.41, 5.74) is 13.3. The molecule has 0 fully saturated rings. The van der Waals surface area contributed by atoms with Crippen molar-refractivity contribution < 1.29 is 19.7 Å². The Labute approximate surface area is 396 Å². The zero-order valence-corrected chi connectivity index (χ0v) is 45.1. The summed E-state index contributed by atoms with van der Waals surface area (Å²) in [6.45, 7) is 52.7. The van der Waals surface area contributed by atoms with Gasteiger partial charge < -0.3 is 14.9 Å². The number of phenols is 2. The lowest BCUT2D eigenvalue weighted by molar-refractivity contribution is -0.130. The van der Waals surface area contributed by atoms with Crippen LogP contribution in [-0.2, 0) is 43.7 Å². The zero-order valence-electron chi connectivity index (χ0n) is 45.1. The lowest BCUT2D eigenvalue weighted by Gasteiger charge is -2.37. The summed E-state index contributed by atoms with van der Waals surface area (Å²) < 4.78 is 6.64. The summed E-state index contributed by atoms with van der Waals surface area (Å²) in [5.74, 6) is 0.452. The van der Waals surface area contributed by atoms with Gasteiger partial charge in [0.25, 0.3) is 0 Å². The van der Waals surface area contributed by atoms with Crippen LogP contribution in [0.1, 0.15) is 237 Å². The number of aryl methyl sites for hydroxylation is 2. The molecule has 0 aliphatic carbocycles. The Morgan fingerprint density at radius 3 is 1.52 bits per heavy atom. The van der Waals surface area contributed by atoms with Crippen molar-refractivity contribution in [2.45, 2.75) is 223 Å². The Morgan fingerprint density at radius 1 is 0.585 bits per heavy atom. The van der Waals surface area contributed by atoms with Crippen molar-refractivity contribution in [2.75, 3.05) is 0 Å². The molecule has 0 saturated carbocycles. The van der Waals surface area contributed by atoms with Crippen LogP contribution in [0.3, 0.4) is 0 Å². The van der Waals surface area contributed by atoms with Gasteiger partial charge in [-0.25, -0.2) is 4.79 Å². The van der Waals surface area contributed by atoms with Gasteiger partial charge in [-0.15, -0.1) is 0 Å². The molecule has 65 heavy (non-hydrogen) atoms. The summed E-state index contributed by atoms with van der Waals surface area (Å²) >= 11 is 0. The van der Waals surface area contributed by atoms with E-state index in [4.69, 9.17) is 4.74 Å². The summed E-state index contributed by atoms with van der Waals surface area (Å²) in [4.78, 5) is 14.0. The molecule has 0 heterocycles. The predicted molar refractivity (Wildman–Crippen MR) is 279 cm³/mol. The van der Waals surface area contributed by atoms with Crippen LogP contribution >= 0.6 is 0 Å². The highest BCUT2D eigenvalue weighted by molar-refractivity contribution is 5.91. The van der Waals surface area contributed by atoms with Gasteiger partial charge >= 0.3 is 5.97 Å². The van der Waals surface area contributed by atoms with E-state index in [-0.39, 0.29) is 38.7 Å². The van der Waals surface area contributed by atoms with Crippen LogP contribution in [-0.4, -0.2) is 16.2 Å². The zero-order chi connectivity index (χ0) is 49.7. The minimum absolute atomic E-state index is 0.113. The second-order valence-electron chi connectivity index (χ2n) is 24.2. The smallest absolute Gasteiger partial charge is 0.338 e. The Hall–Kier alpha value is -4.31. The van der Waals surface area contributed by atoms with E-state index >= 15 is 0 Å². The van der Waals surface area contributed by atoms with Crippen molar-refractivity contribution in [3.05, 3.63) is 121 Å². The normalized spacial score (nSPS) is 13.6. The maximum Gasteiger partial charge on any atom is 0.338 e. The number of ether oxygens (including phenoxy) is 1. The van der Waals surface area contributed by atoms with Crippen LogP contribution in [0.25, 0.3) is 11.1 Å². The first-order chi connectivity index (χ1) is 29.6. The number of benzene rings is 4. The first kappa shape index (κ1) is 53.3. The van der Waals surface area contributed by atoms with Gasteiger partial charge in [-0.05, 0) is 129 Å². The molecule has 0 aromatic heterocycles. The molecule has 4 aromatic carbocycles. The molecule has 0 radical (unpaired) electrons. The van der Waals surface area contributed by atoms with Gasteiger partial charge in [-0.3, -0.25) is 0 Å². The number of hydrogen-bond acceptors (Lipinski definition) is 4. The van der Waals surface area contributed by atoms with E-state index in [1.807, 2.05) is 0 Å². The standard InChI is InChI=1S/C61H88O4/c1-24-58(16,17)42-32-44(39(9)45-33-43(59(18,19)25-2)35-48(53(45)63)61(22,23)27-4)50(46(34-42)60(20,21)26-3)49-38(8)30-41(54(51(49)57(13,14)15)65-55(64)36(5)6)31-40-28-37(7)29-47(52(40)62)56(10,11)12/h28-30,32-35,39,62-63H,5,24-27,31H2,1-4,6-23H3. The molecule has 1 atom stereocenters. The minimum atomic E-state index is -0.521. The topological polar surface area (TPSA) is 66.8 Å². The molecule has 2 N–H and O–H groups in total. The third kappa shape index (κ3) is 10.8. The molecular weight excluding hydrogens is 797 g/mol. The molecule has 4 nitrogen and oxygen atoms in total. The highest BCUT2D eigenvalue weighted by Crippen LogP contribution is 2.53. The Balaban J connectivity index is 2.38. The van der Waals surface area contributed by atoms with Gasteiger partial charge in [0.15, 0.2) is 0 Å². The summed E-state index contributed by atoms with van der Waals surface area (Å²) in [5, 5.41) is 24.6. The van der Waals surface area contributed by atoms with Crippen molar-refractivity contribution in [1.82, 2.24) is 0 Å². The van der Waals surface area contributed by atoms with E-state index in [1.54, 1.807) is 6.92 Å². The van der Waals surface area contributed by atoms with Crippen molar-refractivity contribution >= 4 is 5.97 Å². The molecule has 4 heteroatoms. The highest BCUT2D eigenvalue weighted by Gasteiger charge is 2.38. The Morgan fingerprint density at radius 2 is 1.06 bits per heavy atom. The number of phenolic OH excluding ortho intramolecular Hbond substituents is 2. The molecule has 0 saturated heterocycles. The first-order valence-electron chi connectivity index (χ1n) is 24.6. The average molecular weight is 885 g/mol. The summed E-state index contributed by atoms with van der Waals surface area (Å²) in [6.07, 6.45) is 4.06. The van der Waals surface area contributed by atoms with E-state index in [0.717, 1.165) is 86.9 Å². The van der Waals surface area contributed by atoms with Crippen molar-refractivity contribution in [1.29, 1.82) is 0 Å². The van der Waals surface area contributed by atoms with Gasteiger partial charge in [0.1, 0.15) is 17.2 Å². The number of carbonyl (C=O) groups is 1. The van der Waals surface area contributed by atoms with Gasteiger partial charge in [-0.1, -0.05) is 186 Å². The number of rotatable bonds is 15. The lowest BCUT2D eigenvalue weighted by Crippen LogP contribution is -2.25. The maximum absolute atomic E-state index is 14.0. The summed E-state index contributed by atoms with van der Waals surface area (Å²) in [6, 6.07) is 15.8. The Kier molecular flexibility index (Phi) is 15.4. The number of hydrogen-bond donors (Lipinski definition) is 2. The maximum atomic E-state index is 14.0. The fourth-order valence-corrected chi connectivity index (χ4v) is 9.16. The molecule has 0 spiro atoms. The molecule has 4 rings (SSSR count). The van der Waals surface area contributed by atoms with Crippen LogP contribution in [0, 0.1) is 13.8 Å². The molecule has 0 bridgehead atoms. The van der Waals surface area contributed by atoms with Gasteiger partial charge in [0.05, 0.1) is 0 Å². The SMILES string of the molecule is C=C(C)C(=O)Oc1c(Cc2cc(C)cc(C(C)(C)C)c2O)cc(C)c(-c2c(C(C)c3cc(C(C)(C)CC)cc(C(C)(C)CC)c3O)cc(C(C)(C)CC)cc2C(C)(C)CC)c1C(C)(C)C. The van der Waals surface area contributed by atoms with Crippen molar-refractivity contribution in [2.24, 2.45) is 0 Å². The number of esters is 1. The second-order valence-corrected chi connectivity index (χ2v) is 24.2. The van der Waals surface area contributed by atoms with Crippen LogP contribution in [0.5, 0.6) is 17.2 Å². The van der Waals surface area contributed by atoms with E-state index in [1.165, 1.54) is 16.7 Å². The Bertz CT molecular complexity index is 2440. The molecule has 0 aliphatic heterocycles. The third-order valence-corrected chi connectivity index (χ3v) is 15.4. The van der Waals surface area contributed by atoms with Crippen LogP contribution in [0.4, 0.5) is 0 Å². The van der Waals surface area contributed by atoms with Gasteiger partial charge in [0, 0.05) is 40.2 Å². The van der Waals surface area contributed by atoms with Crippen molar-refractivity contribution in [3.8, 4) is 28.4 Å². The van der Waals surface area contributed by atoms with E-state index in [2.05, 4.69) is 194 Å². The van der Waals surface area contributed by atoms with Gasteiger partial charge in [-0.2, -0.15) is 0 Å². The van der Waals surface area contributed by atoms with E-state index in [0.29, 0.717) is 23.5 Å². The fourth-order valence-electron chi connectivity index (χ4n) is 9.16. The molecule has 4 aromatic rings. The van der Waals surface area contributed by atoms with E-state index < -0.39 is 11.4 Å². The predicted octanol–water partition coefficient (Wildman–Crippen LogP) is 17.0. The number of carbonyl (C=O) groups excluding carboxylic acids is 1. The number of aromatic hydroxyl groups is 2. The van der Waals surface area contributed by atoms with Gasteiger partial charge in [0.2, 0.25) is 0 Å². The highest BCUT2D eigenvalue weighted by atomic mass is 16.5. The molecule has 0 amide bonds. The lowest BCUT2D eigenvalue weighted by atomic mass is 9.67. The second kappa shape index (κ2) is 18.8. The van der Waals surface area contributed by atoms with Crippen LogP contribution in [0.2, 0.25) is 0 Å². The molecular formula is C61H88O4. The largest absolute Gasteiger partial charge is 0.507 e. The molecule has 0 aliphatic rings. The summed E-state index contributed by atoms with van der Waals surface area (Å²) in [7, 11) is 0. The minimum Gasteiger partial charge on any atom is -0.507 e. The van der Waals surface area contributed by atoms with Crippen molar-refractivity contribution in [3.63, 3.8) is 0 Å². The van der Waals surface area contributed by atoms with Crippen LogP contribution in [0.15, 0.2) is 54.6 Å². The van der Waals surface area contributed by atoms with Crippen LogP contribution < -0.4 is 4.74 Å². The third-order valence-electron chi connectivity index (χ3n) is 15.4. The monoisotopic (exact) mass is 885 g/mol.